The first-order valence-electron chi connectivity index (χ1n) is 5.71. The second-order valence-corrected chi connectivity index (χ2v) is 4.72. The number of hydrogen-bond donors (Lipinski definition) is 0. The number of benzene rings is 1. The molecule has 0 amide bonds. The Balaban J connectivity index is 2.10. The summed E-state index contributed by atoms with van der Waals surface area (Å²) in [5.74, 6) is 1.47. The van der Waals surface area contributed by atoms with Gasteiger partial charge in [-0.1, -0.05) is 11.6 Å². The van der Waals surface area contributed by atoms with Crippen molar-refractivity contribution in [2.24, 2.45) is 0 Å². The average molecular weight is 263 g/mol. The number of ether oxygens (including phenoxy) is 1. The smallest absolute Gasteiger partial charge is 0.231 e. The van der Waals surface area contributed by atoms with E-state index in [0.717, 1.165) is 12.0 Å². The summed E-state index contributed by atoms with van der Waals surface area (Å²) in [6.07, 6.45) is 0.785. The Kier molecular flexibility index (Phi) is 2.63. The lowest BCUT2D eigenvalue weighted by Crippen LogP contribution is -2.02. The van der Waals surface area contributed by atoms with E-state index in [4.69, 9.17) is 20.8 Å². The maximum Gasteiger partial charge on any atom is 0.231 e. The fraction of sp³-hybridized carbons (Fsp3) is 0.214. The Morgan fingerprint density at radius 3 is 2.89 bits per heavy atom. The van der Waals surface area contributed by atoms with Gasteiger partial charge in [0.15, 0.2) is 5.76 Å². The first kappa shape index (κ1) is 11.4. The van der Waals surface area contributed by atoms with Crippen molar-refractivity contribution >= 4 is 17.4 Å². The number of hydrogen-bond acceptors (Lipinski definition) is 3. The highest BCUT2D eigenvalue weighted by atomic mass is 35.5. The van der Waals surface area contributed by atoms with Gasteiger partial charge in [-0.2, -0.15) is 0 Å². The van der Waals surface area contributed by atoms with Crippen molar-refractivity contribution in [2.75, 3.05) is 6.61 Å². The zero-order valence-electron chi connectivity index (χ0n) is 9.83. The van der Waals surface area contributed by atoms with Gasteiger partial charge in [-0.3, -0.25) is 4.79 Å². The molecular formula is C14H11ClO3. The van der Waals surface area contributed by atoms with Gasteiger partial charge >= 0.3 is 0 Å². The summed E-state index contributed by atoms with van der Waals surface area (Å²) < 4.78 is 10.9. The van der Waals surface area contributed by atoms with E-state index in [9.17, 15) is 4.79 Å². The van der Waals surface area contributed by atoms with Crippen LogP contribution in [0.2, 0.25) is 5.02 Å². The number of ketones is 1. The van der Waals surface area contributed by atoms with Crippen LogP contribution in [0.5, 0.6) is 5.75 Å². The number of aryl methyl sites for hydroxylation is 1. The second kappa shape index (κ2) is 4.18. The van der Waals surface area contributed by atoms with Crippen molar-refractivity contribution < 1.29 is 13.9 Å². The van der Waals surface area contributed by atoms with Crippen molar-refractivity contribution in [3.05, 3.63) is 51.9 Å². The number of fused-ring (bicyclic) bond motifs is 1. The third-order valence-corrected chi connectivity index (χ3v) is 3.18. The predicted octanol–water partition coefficient (Wildman–Crippen LogP) is 3.41. The Morgan fingerprint density at radius 2 is 2.17 bits per heavy atom. The average Bonchev–Trinajstić information content (AvgIpc) is 2.95. The van der Waals surface area contributed by atoms with Gasteiger partial charge in [-0.15, -0.1) is 0 Å². The van der Waals surface area contributed by atoms with E-state index < -0.39 is 0 Å². The molecule has 0 saturated carbocycles. The van der Waals surface area contributed by atoms with Crippen LogP contribution in [0.25, 0.3) is 0 Å². The summed E-state index contributed by atoms with van der Waals surface area (Å²) in [6, 6.07) is 6.90. The first-order valence-corrected chi connectivity index (χ1v) is 6.09. The quantitative estimate of drug-likeness (QED) is 0.779. The third-order valence-electron chi connectivity index (χ3n) is 2.96. The molecule has 3 rings (SSSR count). The van der Waals surface area contributed by atoms with Crippen LogP contribution in [-0.2, 0) is 6.42 Å². The number of rotatable bonds is 2. The zero-order valence-corrected chi connectivity index (χ0v) is 10.6. The zero-order chi connectivity index (χ0) is 12.7. The minimum Gasteiger partial charge on any atom is -0.492 e. The minimum absolute atomic E-state index is 0.191. The molecular weight excluding hydrogens is 252 g/mol. The van der Waals surface area contributed by atoms with Crippen molar-refractivity contribution in [3.63, 3.8) is 0 Å². The molecule has 0 spiro atoms. The molecule has 1 aromatic carbocycles. The van der Waals surface area contributed by atoms with Crippen LogP contribution >= 0.6 is 11.6 Å². The molecule has 1 aliphatic rings. The summed E-state index contributed by atoms with van der Waals surface area (Å²) >= 11 is 6.03. The Bertz CT molecular complexity index is 628. The molecule has 2 aromatic rings. The van der Waals surface area contributed by atoms with Gasteiger partial charge in [0, 0.05) is 11.4 Å². The Morgan fingerprint density at radius 1 is 1.33 bits per heavy atom. The van der Waals surface area contributed by atoms with E-state index in [1.165, 1.54) is 0 Å². The van der Waals surface area contributed by atoms with E-state index in [2.05, 4.69) is 0 Å². The van der Waals surface area contributed by atoms with E-state index in [1.807, 2.05) is 6.07 Å². The topological polar surface area (TPSA) is 39.4 Å². The summed E-state index contributed by atoms with van der Waals surface area (Å²) in [6.45, 7) is 2.39. The second-order valence-electron chi connectivity index (χ2n) is 4.28. The molecule has 0 fully saturated rings. The highest BCUT2D eigenvalue weighted by molar-refractivity contribution is 6.31. The summed E-state index contributed by atoms with van der Waals surface area (Å²) in [5.41, 5.74) is 1.46. The SMILES string of the molecule is Cc1ccc(C(=O)c2cc(Cl)cc3c2OCC3)o1. The van der Waals surface area contributed by atoms with Gasteiger partial charge in [-0.25, -0.2) is 0 Å². The van der Waals surface area contributed by atoms with E-state index in [-0.39, 0.29) is 5.78 Å². The van der Waals surface area contributed by atoms with Gasteiger partial charge in [-0.05, 0) is 36.8 Å². The first-order chi connectivity index (χ1) is 8.65. The highest BCUT2D eigenvalue weighted by Gasteiger charge is 2.24. The molecule has 4 heteroatoms. The highest BCUT2D eigenvalue weighted by Crippen LogP contribution is 2.34. The Hall–Kier alpha value is -1.74. The summed E-state index contributed by atoms with van der Waals surface area (Å²) in [7, 11) is 0. The molecule has 92 valence electrons. The van der Waals surface area contributed by atoms with Crippen LogP contribution in [0.3, 0.4) is 0 Å². The van der Waals surface area contributed by atoms with Crippen LogP contribution in [0.4, 0.5) is 0 Å². The molecule has 0 radical (unpaired) electrons. The van der Waals surface area contributed by atoms with Crippen LogP contribution in [0.15, 0.2) is 28.7 Å². The van der Waals surface area contributed by atoms with Crippen molar-refractivity contribution in [1.82, 2.24) is 0 Å². The Labute approximate surface area is 109 Å². The molecule has 0 saturated heterocycles. The van der Waals surface area contributed by atoms with Crippen LogP contribution < -0.4 is 4.74 Å². The van der Waals surface area contributed by atoms with Gasteiger partial charge in [0.2, 0.25) is 5.78 Å². The largest absolute Gasteiger partial charge is 0.492 e. The number of carbonyl (C=O) groups excluding carboxylic acids is 1. The molecule has 3 nitrogen and oxygen atoms in total. The van der Waals surface area contributed by atoms with Gasteiger partial charge in [0.1, 0.15) is 11.5 Å². The normalized spacial score (nSPS) is 13.2. The molecule has 1 aliphatic heterocycles. The van der Waals surface area contributed by atoms with Gasteiger partial charge < -0.3 is 9.15 Å². The van der Waals surface area contributed by atoms with E-state index in [1.54, 1.807) is 25.1 Å². The van der Waals surface area contributed by atoms with Crippen LogP contribution in [0.1, 0.15) is 27.4 Å². The molecule has 0 bridgehead atoms. The molecule has 0 unspecified atom stereocenters. The standard InChI is InChI=1S/C14H11ClO3/c1-8-2-3-12(18-8)13(16)11-7-10(15)6-9-4-5-17-14(9)11/h2-3,6-7H,4-5H2,1H3. The third kappa shape index (κ3) is 1.81. The van der Waals surface area contributed by atoms with Crippen molar-refractivity contribution in [1.29, 1.82) is 0 Å². The molecule has 18 heavy (non-hydrogen) atoms. The number of furan rings is 1. The van der Waals surface area contributed by atoms with Crippen LogP contribution in [0, 0.1) is 6.92 Å². The fourth-order valence-corrected chi connectivity index (χ4v) is 2.37. The minimum atomic E-state index is -0.191. The lowest BCUT2D eigenvalue weighted by Gasteiger charge is -2.06. The van der Waals surface area contributed by atoms with Crippen molar-refractivity contribution in [2.45, 2.75) is 13.3 Å². The monoisotopic (exact) mass is 262 g/mol. The molecule has 1 aromatic heterocycles. The van der Waals surface area contributed by atoms with Gasteiger partial charge in [0.25, 0.3) is 0 Å². The van der Waals surface area contributed by atoms with Crippen molar-refractivity contribution in [3.8, 4) is 5.75 Å². The van der Waals surface area contributed by atoms with Crippen LogP contribution in [-0.4, -0.2) is 12.4 Å². The van der Waals surface area contributed by atoms with Gasteiger partial charge in [0.05, 0.1) is 12.2 Å². The molecule has 2 heterocycles. The summed E-state index contributed by atoms with van der Waals surface area (Å²) in [4.78, 5) is 12.3. The lowest BCUT2D eigenvalue weighted by atomic mass is 10.0. The van der Waals surface area contributed by atoms with E-state index >= 15 is 0 Å². The van der Waals surface area contributed by atoms with E-state index in [0.29, 0.717) is 34.5 Å². The lowest BCUT2D eigenvalue weighted by molar-refractivity contribution is 0.100. The molecule has 0 N–H and O–H groups in total. The molecule has 0 atom stereocenters. The number of carbonyl (C=O) groups is 1. The maximum atomic E-state index is 12.3. The number of halogens is 1. The summed E-state index contributed by atoms with van der Waals surface area (Å²) in [5, 5.41) is 0.547. The predicted molar refractivity (Wildman–Crippen MR) is 67.5 cm³/mol. The fourth-order valence-electron chi connectivity index (χ4n) is 2.13. The molecule has 0 aliphatic carbocycles. The maximum absolute atomic E-state index is 12.3.